The number of hydrogen-bond acceptors (Lipinski definition) is 1. The van der Waals surface area contributed by atoms with E-state index in [9.17, 15) is 0 Å². The molecule has 82 valence electrons. The lowest BCUT2D eigenvalue weighted by molar-refractivity contribution is 0.107. The Kier molecular flexibility index (Phi) is 2.88. The molecule has 1 heteroatoms. The molecule has 1 saturated carbocycles. The molecule has 1 spiro atoms. The van der Waals surface area contributed by atoms with Gasteiger partial charge in [-0.05, 0) is 55.4 Å². The van der Waals surface area contributed by atoms with Gasteiger partial charge < -0.3 is 5.32 Å². The smallest absolute Gasteiger partial charge is 0.00110 e. The molecule has 14 heavy (non-hydrogen) atoms. The van der Waals surface area contributed by atoms with E-state index < -0.39 is 0 Å². The van der Waals surface area contributed by atoms with E-state index in [1.165, 1.54) is 38.8 Å². The summed E-state index contributed by atoms with van der Waals surface area (Å²) < 4.78 is 0. The summed E-state index contributed by atoms with van der Waals surface area (Å²) in [6, 6.07) is 0. The maximum Gasteiger partial charge on any atom is 0.00110 e. The Morgan fingerprint density at radius 3 is 2.29 bits per heavy atom. The predicted octanol–water partition coefficient (Wildman–Crippen LogP) is 3.06. The average molecular weight is 195 g/mol. The number of nitrogens with one attached hydrogen (secondary N) is 1. The summed E-state index contributed by atoms with van der Waals surface area (Å²) in [4.78, 5) is 0. The summed E-state index contributed by atoms with van der Waals surface area (Å²) in [5.74, 6) is 2.82. The Hall–Kier alpha value is -0.0400. The fraction of sp³-hybridized carbons (Fsp3) is 1.00. The molecule has 0 aromatic carbocycles. The molecule has 0 bridgehead atoms. The molecule has 2 aliphatic rings. The van der Waals surface area contributed by atoms with Gasteiger partial charge in [-0.15, -0.1) is 0 Å². The lowest BCUT2D eigenvalue weighted by Crippen LogP contribution is -2.34. The van der Waals surface area contributed by atoms with E-state index in [0.717, 1.165) is 17.8 Å². The second-order valence-corrected chi connectivity index (χ2v) is 5.98. The van der Waals surface area contributed by atoms with Gasteiger partial charge in [0.05, 0.1) is 0 Å². The first-order valence-corrected chi connectivity index (χ1v) is 6.35. The molecule has 1 atom stereocenters. The van der Waals surface area contributed by atoms with Gasteiger partial charge in [-0.2, -0.15) is 0 Å². The fourth-order valence-electron chi connectivity index (χ4n) is 3.48. The van der Waals surface area contributed by atoms with E-state index in [2.05, 4.69) is 26.1 Å². The van der Waals surface area contributed by atoms with Crippen molar-refractivity contribution in [2.24, 2.45) is 23.2 Å². The summed E-state index contributed by atoms with van der Waals surface area (Å²) >= 11 is 0. The van der Waals surface area contributed by atoms with Crippen LogP contribution >= 0.6 is 0 Å². The van der Waals surface area contributed by atoms with Crippen LogP contribution in [-0.4, -0.2) is 13.1 Å². The zero-order valence-electron chi connectivity index (χ0n) is 9.97. The molecule has 0 amide bonds. The Morgan fingerprint density at radius 2 is 1.86 bits per heavy atom. The van der Waals surface area contributed by atoms with E-state index in [-0.39, 0.29) is 0 Å². The molecule has 1 nitrogen and oxygen atoms in total. The van der Waals surface area contributed by atoms with Crippen LogP contribution in [0.3, 0.4) is 0 Å². The van der Waals surface area contributed by atoms with Crippen LogP contribution in [0.2, 0.25) is 0 Å². The third-order valence-corrected chi connectivity index (χ3v) is 4.94. The minimum atomic E-state index is 0.686. The molecule has 0 radical (unpaired) electrons. The van der Waals surface area contributed by atoms with E-state index in [0.29, 0.717) is 5.41 Å². The summed E-state index contributed by atoms with van der Waals surface area (Å²) in [6.45, 7) is 9.76. The molecule has 2 rings (SSSR count). The molecule has 2 fully saturated rings. The largest absolute Gasteiger partial charge is 0.316 e. The van der Waals surface area contributed by atoms with Crippen LogP contribution in [0.25, 0.3) is 0 Å². The molecular weight excluding hydrogens is 170 g/mol. The SMILES string of the molecule is CC(C)C1CCC2(CC1)CNCC2C. The Bertz CT molecular complexity index is 189. The minimum Gasteiger partial charge on any atom is -0.316 e. The van der Waals surface area contributed by atoms with Crippen LogP contribution in [0.1, 0.15) is 46.5 Å². The first kappa shape index (κ1) is 10.5. The first-order valence-electron chi connectivity index (χ1n) is 6.35. The maximum absolute atomic E-state index is 3.58. The summed E-state index contributed by atoms with van der Waals surface area (Å²) in [5, 5.41) is 3.58. The van der Waals surface area contributed by atoms with Gasteiger partial charge in [-0.1, -0.05) is 20.8 Å². The molecule has 1 unspecified atom stereocenters. The highest BCUT2D eigenvalue weighted by Crippen LogP contribution is 2.47. The second kappa shape index (κ2) is 3.84. The van der Waals surface area contributed by atoms with Gasteiger partial charge in [0.1, 0.15) is 0 Å². The standard InChI is InChI=1S/C13H25N/c1-10(2)12-4-6-13(7-5-12)9-14-8-11(13)3/h10-12,14H,4-9H2,1-3H3. The summed E-state index contributed by atoms with van der Waals surface area (Å²) in [5.41, 5.74) is 0.686. The number of hydrogen-bond donors (Lipinski definition) is 1. The van der Waals surface area contributed by atoms with Crippen molar-refractivity contribution >= 4 is 0 Å². The molecule has 0 aromatic rings. The van der Waals surface area contributed by atoms with Gasteiger partial charge >= 0.3 is 0 Å². The van der Waals surface area contributed by atoms with Crippen LogP contribution in [-0.2, 0) is 0 Å². The van der Waals surface area contributed by atoms with Crippen LogP contribution in [0.4, 0.5) is 0 Å². The highest BCUT2D eigenvalue weighted by Gasteiger charge is 2.42. The lowest BCUT2D eigenvalue weighted by atomic mass is 9.64. The Morgan fingerprint density at radius 1 is 1.21 bits per heavy atom. The van der Waals surface area contributed by atoms with Crippen molar-refractivity contribution in [2.75, 3.05) is 13.1 Å². The zero-order chi connectivity index (χ0) is 10.2. The van der Waals surface area contributed by atoms with Crippen LogP contribution in [0, 0.1) is 23.2 Å². The molecule has 1 aliphatic heterocycles. The zero-order valence-corrected chi connectivity index (χ0v) is 9.97. The van der Waals surface area contributed by atoms with Gasteiger partial charge in [-0.25, -0.2) is 0 Å². The van der Waals surface area contributed by atoms with E-state index in [1.54, 1.807) is 0 Å². The van der Waals surface area contributed by atoms with E-state index in [1.807, 2.05) is 0 Å². The average Bonchev–Trinajstić information content (AvgIpc) is 2.49. The van der Waals surface area contributed by atoms with Gasteiger partial charge in [-0.3, -0.25) is 0 Å². The molecule has 1 aliphatic carbocycles. The molecular formula is C13H25N. The summed E-state index contributed by atoms with van der Waals surface area (Å²) in [7, 11) is 0. The highest BCUT2D eigenvalue weighted by molar-refractivity contribution is 4.96. The van der Waals surface area contributed by atoms with Gasteiger partial charge in [0.25, 0.3) is 0 Å². The lowest BCUT2D eigenvalue weighted by Gasteiger charge is -2.41. The molecule has 1 N–H and O–H groups in total. The third kappa shape index (κ3) is 1.71. The summed E-state index contributed by atoms with van der Waals surface area (Å²) in [6.07, 6.45) is 5.90. The topological polar surface area (TPSA) is 12.0 Å². The molecule has 1 saturated heterocycles. The van der Waals surface area contributed by atoms with Crippen LogP contribution < -0.4 is 5.32 Å². The fourth-order valence-corrected chi connectivity index (χ4v) is 3.48. The van der Waals surface area contributed by atoms with Crippen molar-refractivity contribution < 1.29 is 0 Å². The maximum atomic E-state index is 3.58. The van der Waals surface area contributed by atoms with Gasteiger partial charge in [0.15, 0.2) is 0 Å². The van der Waals surface area contributed by atoms with Crippen LogP contribution in [0.15, 0.2) is 0 Å². The van der Waals surface area contributed by atoms with Crippen molar-refractivity contribution in [2.45, 2.75) is 46.5 Å². The van der Waals surface area contributed by atoms with Crippen molar-refractivity contribution in [1.82, 2.24) is 5.32 Å². The first-order chi connectivity index (χ1) is 6.64. The third-order valence-electron chi connectivity index (χ3n) is 4.94. The normalized spacial score (nSPS) is 43.7. The van der Waals surface area contributed by atoms with E-state index in [4.69, 9.17) is 0 Å². The monoisotopic (exact) mass is 195 g/mol. The van der Waals surface area contributed by atoms with Crippen molar-refractivity contribution in [3.05, 3.63) is 0 Å². The second-order valence-electron chi connectivity index (χ2n) is 5.98. The van der Waals surface area contributed by atoms with Crippen molar-refractivity contribution in [3.8, 4) is 0 Å². The minimum absolute atomic E-state index is 0.686. The Balaban J connectivity index is 1.94. The van der Waals surface area contributed by atoms with Crippen molar-refractivity contribution in [3.63, 3.8) is 0 Å². The van der Waals surface area contributed by atoms with Crippen LogP contribution in [0.5, 0.6) is 0 Å². The predicted molar refractivity (Wildman–Crippen MR) is 61.3 cm³/mol. The molecule has 0 aromatic heterocycles. The number of rotatable bonds is 1. The van der Waals surface area contributed by atoms with Gasteiger partial charge in [0, 0.05) is 6.54 Å². The Labute approximate surface area is 88.7 Å². The van der Waals surface area contributed by atoms with Gasteiger partial charge in [0.2, 0.25) is 0 Å². The molecule has 1 heterocycles. The quantitative estimate of drug-likeness (QED) is 0.678. The highest BCUT2D eigenvalue weighted by atomic mass is 14.9. The van der Waals surface area contributed by atoms with E-state index >= 15 is 0 Å². The van der Waals surface area contributed by atoms with Crippen molar-refractivity contribution in [1.29, 1.82) is 0 Å².